The van der Waals surface area contributed by atoms with E-state index in [1.165, 1.54) is 13.2 Å². The molecule has 0 radical (unpaired) electrons. The highest BCUT2D eigenvalue weighted by Gasteiger charge is 2.53. The number of ether oxygens (including phenoxy) is 2. The fourth-order valence-corrected chi connectivity index (χ4v) is 4.02. The van der Waals surface area contributed by atoms with Gasteiger partial charge in [-0.2, -0.15) is 5.10 Å². The van der Waals surface area contributed by atoms with Crippen LogP contribution in [-0.2, 0) is 20.4 Å². The summed E-state index contributed by atoms with van der Waals surface area (Å²) in [4.78, 5) is 25.7. The van der Waals surface area contributed by atoms with Gasteiger partial charge < -0.3 is 14.8 Å². The molecule has 0 aliphatic heterocycles. The van der Waals surface area contributed by atoms with Gasteiger partial charge >= 0.3 is 12.3 Å². The predicted molar refractivity (Wildman–Crippen MR) is 126 cm³/mol. The summed E-state index contributed by atoms with van der Waals surface area (Å²) in [5, 5.41) is 7.24. The topological polar surface area (TPSA) is 82.5 Å². The number of carbonyl (C=O) groups excluding carboxylic acids is 2. The number of methoxy groups -OCH3 is 1. The van der Waals surface area contributed by atoms with Crippen molar-refractivity contribution in [2.75, 3.05) is 12.4 Å². The van der Waals surface area contributed by atoms with Gasteiger partial charge in [0.25, 0.3) is 0 Å². The Balaban J connectivity index is 1.60. The summed E-state index contributed by atoms with van der Waals surface area (Å²) >= 11 is 0. The van der Waals surface area contributed by atoms with E-state index in [0.717, 1.165) is 17.8 Å². The largest absolute Gasteiger partial charge is 0.573 e. The van der Waals surface area contributed by atoms with Gasteiger partial charge in [-0.1, -0.05) is 26.8 Å². The van der Waals surface area contributed by atoms with E-state index in [0.29, 0.717) is 24.6 Å². The van der Waals surface area contributed by atoms with E-state index in [-0.39, 0.29) is 22.2 Å². The Bertz CT molecular complexity index is 1350. The van der Waals surface area contributed by atoms with Gasteiger partial charge in [-0.15, -0.1) is 13.2 Å². The summed E-state index contributed by atoms with van der Waals surface area (Å²) in [6.45, 7) is 6.02. The van der Waals surface area contributed by atoms with Crippen molar-refractivity contribution in [3.63, 3.8) is 0 Å². The zero-order valence-corrected chi connectivity index (χ0v) is 20.6. The van der Waals surface area contributed by atoms with E-state index >= 15 is 0 Å². The van der Waals surface area contributed by atoms with E-state index in [2.05, 4.69) is 15.2 Å². The molecule has 2 aromatic carbocycles. The normalized spacial score (nSPS) is 14.7. The number of aromatic nitrogens is 2. The first kappa shape index (κ1) is 26.2. The van der Waals surface area contributed by atoms with Crippen LogP contribution in [0.4, 0.5) is 23.2 Å². The minimum absolute atomic E-state index is 0.0319. The third-order valence-corrected chi connectivity index (χ3v) is 6.14. The van der Waals surface area contributed by atoms with Crippen LogP contribution < -0.4 is 10.1 Å². The highest BCUT2D eigenvalue weighted by Crippen LogP contribution is 2.50. The highest BCUT2D eigenvalue weighted by molar-refractivity contribution is 6.03. The fourth-order valence-electron chi connectivity index (χ4n) is 4.02. The van der Waals surface area contributed by atoms with Crippen molar-refractivity contribution in [1.29, 1.82) is 0 Å². The monoisotopic (exact) mass is 519 g/mol. The maximum absolute atomic E-state index is 14.7. The molecule has 3 aromatic rings. The van der Waals surface area contributed by atoms with E-state index in [1.807, 2.05) is 26.8 Å². The van der Waals surface area contributed by atoms with Crippen LogP contribution in [0.25, 0.3) is 5.69 Å². The third-order valence-electron chi connectivity index (χ3n) is 6.14. The van der Waals surface area contributed by atoms with Crippen molar-refractivity contribution < 1.29 is 36.6 Å². The molecule has 0 saturated heterocycles. The number of anilines is 1. The Morgan fingerprint density at radius 1 is 1.05 bits per heavy atom. The standard InChI is InChI=1S/C26H25F4N3O4/c1-24(2,3)21-9-12-33(32-21)20-8-5-15(13-17(20)22(34)36-4)31-23(35)25(10-11-25)18-7-6-16(14-19(18)27)37-26(28,29)30/h5-9,12-14H,10-11H2,1-4H3,(H,31,35). The number of nitrogens with zero attached hydrogens (tertiary/aromatic N) is 2. The molecular weight excluding hydrogens is 494 g/mol. The molecule has 1 saturated carbocycles. The van der Waals surface area contributed by atoms with Crippen molar-refractivity contribution in [1.82, 2.24) is 9.78 Å². The Labute approximate surface area is 210 Å². The molecule has 0 spiro atoms. The Morgan fingerprint density at radius 2 is 1.76 bits per heavy atom. The molecule has 1 aliphatic rings. The lowest BCUT2D eigenvalue weighted by molar-refractivity contribution is -0.274. The molecule has 7 nitrogen and oxygen atoms in total. The molecule has 1 aromatic heterocycles. The molecule has 1 heterocycles. The van der Waals surface area contributed by atoms with Crippen LogP contribution >= 0.6 is 0 Å². The minimum atomic E-state index is -4.96. The number of hydrogen-bond donors (Lipinski definition) is 1. The first-order valence-electron chi connectivity index (χ1n) is 11.4. The van der Waals surface area contributed by atoms with Gasteiger partial charge in [-0.05, 0) is 43.2 Å². The summed E-state index contributed by atoms with van der Waals surface area (Å²) in [7, 11) is 1.23. The lowest BCUT2D eigenvalue weighted by Crippen LogP contribution is -2.29. The number of amides is 1. The van der Waals surface area contributed by atoms with Gasteiger partial charge in [0.2, 0.25) is 5.91 Å². The quantitative estimate of drug-likeness (QED) is 0.336. The summed E-state index contributed by atoms with van der Waals surface area (Å²) in [6, 6.07) is 9.15. The summed E-state index contributed by atoms with van der Waals surface area (Å²) in [6.07, 6.45) is -2.63. The number of rotatable bonds is 6. The molecule has 1 aliphatic carbocycles. The van der Waals surface area contributed by atoms with Crippen LogP contribution in [0.1, 0.15) is 55.2 Å². The number of hydrogen-bond acceptors (Lipinski definition) is 5. The Kier molecular flexibility index (Phi) is 6.51. The average molecular weight is 519 g/mol. The molecule has 1 N–H and O–H groups in total. The van der Waals surface area contributed by atoms with Crippen molar-refractivity contribution in [3.05, 3.63) is 71.3 Å². The van der Waals surface area contributed by atoms with Crippen LogP contribution in [0.3, 0.4) is 0 Å². The number of carbonyl (C=O) groups is 2. The zero-order chi connectivity index (χ0) is 27.2. The molecule has 0 atom stereocenters. The fraction of sp³-hybridized carbons (Fsp3) is 0.346. The van der Waals surface area contributed by atoms with Crippen molar-refractivity contribution in [3.8, 4) is 11.4 Å². The lowest BCUT2D eigenvalue weighted by Gasteiger charge is -2.18. The van der Waals surface area contributed by atoms with Crippen LogP contribution in [0.15, 0.2) is 48.7 Å². The van der Waals surface area contributed by atoms with Crippen molar-refractivity contribution in [2.45, 2.75) is 50.8 Å². The first-order chi connectivity index (χ1) is 17.2. The highest BCUT2D eigenvalue weighted by atomic mass is 19.4. The second-order valence-corrected chi connectivity index (χ2v) is 9.84. The van der Waals surface area contributed by atoms with Crippen LogP contribution in [0.5, 0.6) is 5.75 Å². The number of benzene rings is 2. The van der Waals surface area contributed by atoms with Crippen LogP contribution in [0, 0.1) is 5.82 Å². The molecule has 0 unspecified atom stereocenters. The molecule has 11 heteroatoms. The second-order valence-electron chi connectivity index (χ2n) is 9.84. The van der Waals surface area contributed by atoms with Crippen LogP contribution in [-0.4, -0.2) is 35.1 Å². The summed E-state index contributed by atoms with van der Waals surface area (Å²) in [5.41, 5.74) is 0.173. The van der Waals surface area contributed by atoms with E-state index < -0.39 is 35.2 Å². The molecule has 1 amide bonds. The lowest BCUT2D eigenvalue weighted by atomic mass is 9.93. The van der Waals surface area contributed by atoms with E-state index in [9.17, 15) is 27.2 Å². The Morgan fingerprint density at radius 3 is 2.30 bits per heavy atom. The predicted octanol–water partition coefficient (Wildman–Crippen LogP) is 5.66. The van der Waals surface area contributed by atoms with Crippen LogP contribution in [0.2, 0.25) is 0 Å². The molecule has 1 fully saturated rings. The van der Waals surface area contributed by atoms with Gasteiger partial charge in [-0.25, -0.2) is 13.9 Å². The zero-order valence-electron chi connectivity index (χ0n) is 20.6. The number of esters is 1. The van der Waals surface area contributed by atoms with E-state index in [4.69, 9.17) is 4.74 Å². The smallest absolute Gasteiger partial charge is 0.465 e. The van der Waals surface area contributed by atoms with Gasteiger partial charge in [0.05, 0.1) is 29.5 Å². The second kappa shape index (κ2) is 9.20. The van der Waals surface area contributed by atoms with Gasteiger partial charge in [0.15, 0.2) is 0 Å². The molecular formula is C26H25F4N3O4. The maximum Gasteiger partial charge on any atom is 0.573 e. The molecule has 0 bridgehead atoms. The average Bonchev–Trinajstić information content (AvgIpc) is 3.44. The van der Waals surface area contributed by atoms with Crippen molar-refractivity contribution >= 4 is 17.6 Å². The van der Waals surface area contributed by atoms with Gasteiger partial charge in [-0.3, -0.25) is 4.79 Å². The summed E-state index contributed by atoms with van der Waals surface area (Å²) < 4.78 is 62.2. The minimum Gasteiger partial charge on any atom is -0.465 e. The molecule has 196 valence electrons. The third kappa shape index (κ3) is 5.45. The maximum atomic E-state index is 14.7. The number of nitrogens with one attached hydrogen (secondary N) is 1. The number of alkyl halides is 3. The number of halogens is 4. The SMILES string of the molecule is COC(=O)c1cc(NC(=O)C2(c3ccc(OC(F)(F)F)cc3F)CC2)ccc1-n1ccc(C(C)(C)C)n1. The van der Waals surface area contributed by atoms with E-state index in [1.54, 1.807) is 23.0 Å². The molecule has 4 rings (SSSR count). The summed E-state index contributed by atoms with van der Waals surface area (Å²) in [5.74, 6) is -2.88. The Hall–Kier alpha value is -3.89. The van der Waals surface area contributed by atoms with Gasteiger partial charge in [0.1, 0.15) is 11.6 Å². The van der Waals surface area contributed by atoms with Crippen molar-refractivity contribution in [2.24, 2.45) is 0 Å². The molecule has 37 heavy (non-hydrogen) atoms. The van der Waals surface area contributed by atoms with Gasteiger partial charge in [0, 0.05) is 28.9 Å². The first-order valence-corrected chi connectivity index (χ1v) is 11.4.